The van der Waals surface area contributed by atoms with Gasteiger partial charge >= 0.3 is 0 Å². The summed E-state index contributed by atoms with van der Waals surface area (Å²) in [6, 6.07) is 14.2. The Morgan fingerprint density at radius 2 is 2.00 bits per heavy atom. The molecule has 2 unspecified atom stereocenters. The topological polar surface area (TPSA) is 49.3 Å². The van der Waals surface area contributed by atoms with Gasteiger partial charge in [-0.15, -0.1) is 11.3 Å². The lowest BCUT2D eigenvalue weighted by Gasteiger charge is -2.43. The average Bonchev–Trinajstić information content (AvgIpc) is 3.31. The van der Waals surface area contributed by atoms with Crippen LogP contribution in [0, 0.1) is 12.8 Å². The lowest BCUT2D eigenvalue weighted by molar-refractivity contribution is 0.0328. The van der Waals surface area contributed by atoms with Crippen molar-refractivity contribution < 1.29 is 4.79 Å². The van der Waals surface area contributed by atoms with Crippen molar-refractivity contribution in [3.63, 3.8) is 0 Å². The van der Waals surface area contributed by atoms with Gasteiger partial charge < -0.3 is 9.80 Å². The average molecular weight is 376 g/mol. The van der Waals surface area contributed by atoms with E-state index in [0.29, 0.717) is 5.92 Å². The molecule has 2 aliphatic heterocycles. The summed E-state index contributed by atoms with van der Waals surface area (Å²) < 4.78 is 0. The van der Waals surface area contributed by atoms with Crippen LogP contribution < -0.4 is 4.90 Å². The largest absolute Gasteiger partial charge is 0.338 e. The molecule has 0 saturated carbocycles. The van der Waals surface area contributed by atoms with Crippen molar-refractivity contribution in [2.45, 2.75) is 13.0 Å². The van der Waals surface area contributed by atoms with Gasteiger partial charge in [0.2, 0.25) is 5.95 Å². The van der Waals surface area contributed by atoms with E-state index in [0.717, 1.165) is 47.3 Å². The van der Waals surface area contributed by atoms with E-state index in [1.54, 1.807) is 17.5 Å². The number of rotatable bonds is 3. The molecule has 2 fully saturated rings. The van der Waals surface area contributed by atoms with Gasteiger partial charge in [-0.2, -0.15) is 0 Å². The number of likely N-dealkylation sites (tertiary alicyclic amines) is 1. The monoisotopic (exact) mass is 376 g/mol. The molecule has 5 rings (SSSR count). The van der Waals surface area contributed by atoms with Crippen LogP contribution in [0.5, 0.6) is 0 Å². The van der Waals surface area contributed by atoms with Crippen molar-refractivity contribution in [2.24, 2.45) is 5.92 Å². The molecule has 0 N–H and O–H groups in total. The summed E-state index contributed by atoms with van der Waals surface area (Å²) in [4.78, 5) is 27.6. The molecule has 5 nitrogen and oxygen atoms in total. The van der Waals surface area contributed by atoms with E-state index in [1.165, 1.54) is 0 Å². The van der Waals surface area contributed by atoms with Crippen molar-refractivity contribution in [1.82, 2.24) is 14.9 Å². The molecule has 27 heavy (non-hydrogen) atoms. The van der Waals surface area contributed by atoms with Crippen LogP contribution in [0.4, 0.5) is 5.95 Å². The first kappa shape index (κ1) is 16.4. The molecule has 2 saturated heterocycles. The number of nitrogens with zero attached hydrogens (tertiary/aromatic N) is 4. The first-order valence-corrected chi connectivity index (χ1v) is 10.1. The third-order valence-corrected chi connectivity index (χ3v) is 6.41. The number of hydrogen-bond donors (Lipinski definition) is 0. The van der Waals surface area contributed by atoms with Gasteiger partial charge in [0, 0.05) is 53.4 Å². The van der Waals surface area contributed by atoms with Crippen LogP contribution >= 0.6 is 11.3 Å². The molecule has 0 bridgehead atoms. The summed E-state index contributed by atoms with van der Waals surface area (Å²) in [6.07, 6.45) is 1.80. The number of fused-ring (bicyclic) bond motifs is 1. The Morgan fingerprint density at radius 3 is 2.81 bits per heavy atom. The lowest BCUT2D eigenvalue weighted by Crippen LogP contribution is -2.58. The van der Waals surface area contributed by atoms with E-state index in [1.807, 2.05) is 53.6 Å². The second-order valence-electron chi connectivity index (χ2n) is 7.21. The van der Waals surface area contributed by atoms with E-state index < -0.39 is 0 Å². The van der Waals surface area contributed by atoms with Crippen molar-refractivity contribution in [1.29, 1.82) is 0 Å². The fourth-order valence-corrected chi connectivity index (χ4v) is 4.86. The van der Waals surface area contributed by atoms with E-state index in [-0.39, 0.29) is 11.9 Å². The van der Waals surface area contributed by atoms with Gasteiger partial charge in [0.25, 0.3) is 5.91 Å². The third-order valence-electron chi connectivity index (χ3n) is 5.51. The molecule has 2 atom stereocenters. The number of carbonyl (C=O) groups is 1. The van der Waals surface area contributed by atoms with Crippen molar-refractivity contribution in [2.75, 3.05) is 24.5 Å². The fraction of sp³-hybridized carbons (Fsp3) is 0.286. The van der Waals surface area contributed by atoms with E-state index >= 15 is 0 Å². The maximum absolute atomic E-state index is 13.3. The van der Waals surface area contributed by atoms with Crippen LogP contribution in [0.3, 0.4) is 0 Å². The quantitative estimate of drug-likeness (QED) is 0.702. The number of carbonyl (C=O) groups excluding carboxylic acids is 1. The number of thiophene rings is 1. The van der Waals surface area contributed by atoms with Crippen LogP contribution in [-0.4, -0.2) is 46.5 Å². The predicted octanol–water partition coefficient (Wildman–Crippen LogP) is 3.47. The number of amides is 1. The molecule has 2 aromatic heterocycles. The van der Waals surface area contributed by atoms with Crippen molar-refractivity contribution >= 4 is 23.2 Å². The third kappa shape index (κ3) is 2.80. The van der Waals surface area contributed by atoms with Crippen molar-refractivity contribution in [3.8, 4) is 10.4 Å². The number of aromatic nitrogens is 2. The fourth-order valence-electron chi connectivity index (χ4n) is 4.09. The number of anilines is 1. The van der Waals surface area contributed by atoms with Gasteiger partial charge in [-0.1, -0.05) is 24.3 Å². The smallest absolute Gasteiger partial charge is 0.254 e. The van der Waals surface area contributed by atoms with Crippen LogP contribution in [-0.2, 0) is 0 Å². The highest BCUT2D eigenvalue weighted by atomic mass is 32.1. The maximum atomic E-state index is 13.3. The molecular formula is C21H20N4OS. The van der Waals surface area contributed by atoms with Gasteiger partial charge in [0.05, 0.1) is 6.04 Å². The highest BCUT2D eigenvalue weighted by Gasteiger charge is 2.48. The summed E-state index contributed by atoms with van der Waals surface area (Å²) in [5.41, 5.74) is 2.79. The molecule has 1 aromatic carbocycles. The van der Waals surface area contributed by atoms with Gasteiger partial charge in [-0.3, -0.25) is 4.79 Å². The molecule has 0 aliphatic carbocycles. The standard InChI is InChI=1S/C21H20N4OS/c1-14-8-9-22-21(23-14)24-11-15-12-25(18(15)13-24)20(26)17-6-3-2-5-16(17)19-7-4-10-27-19/h2-10,15,18H,11-13H2,1H3. The van der Waals surface area contributed by atoms with E-state index in [2.05, 4.69) is 20.9 Å². The molecule has 4 heterocycles. The Balaban J connectivity index is 1.37. The Labute approximate surface area is 162 Å². The number of hydrogen-bond acceptors (Lipinski definition) is 5. The summed E-state index contributed by atoms with van der Waals surface area (Å²) in [5, 5.41) is 2.05. The lowest BCUT2D eigenvalue weighted by atomic mass is 9.90. The summed E-state index contributed by atoms with van der Waals surface area (Å²) in [6.45, 7) is 4.52. The van der Waals surface area contributed by atoms with Crippen LogP contribution in [0.1, 0.15) is 16.1 Å². The first-order valence-electron chi connectivity index (χ1n) is 9.19. The minimum atomic E-state index is 0.132. The van der Waals surface area contributed by atoms with Crippen LogP contribution in [0.15, 0.2) is 54.0 Å². The summed E-state index contributed by atoms with van der Waals surface area (Å²) in [7, 11) is 0. The van der Waals surface area contributed by atoms with Gasteiger partial charge in [-0.05, 0) is 30.5 Å². The Bertz CT molecular complexity index is 987. The van der Waals surface area contributed by atoms with Crippen molar-refractivity contribution in [3.05, 3.63) is 65.3 Å². The van der Waals surface area contributed by atoms with Crippen LogP contribution in [0.2, 0.25) is 0 Å². The Hall–Kier alpha value is -2.73. The minimum absolute atomic E-state index is 0.132. The highest BCUT2D eigenvalue weighted by Crippen LogP contribution is 2.37. The second-order valence-corrected chi connectivity index (χ2v) is 8.16. The van der Waals surface area contributed by atoms with Gasteiger partial charge in [0.1, 0.15) is 0 Å². The molecule has 0 radical (unpaired) electrons. The second kappa shape index (κ2) is 6.46. The minimum Gasteiger partial charge on any atom is -0.338 e. The number of benzene rings is 1. The molecule has 2 aliphatic rings. The predicted molar refractivity (Wildman–Crippen MR) is 107 cm³/mol. The maximum Gasteiger partial charge on any atom is 0.254 e. The molecular weight excluding hydrogens is 356 g/mol. The van der Waals surface area contributed by atoms with Gasteiger partial charge in [0.15, 0.2) is 0 Å². The Morgan fingerprint density at radius 1 is 1.11 bits per heavy atom. The normalized spacial score (nSPS) is 21.1. The molecule has 6 heteroatoms. The van der Waals surface area contributed by atoms with Gasteiger partial charge in [-0.25, -0.2) is 9.97 Å². The SMILES string of the molecule is Cc1ccnc(N2CC3CN(C(=O)c4ccccc4-c4cccs4)C3C2)n1. The Kier molecular flexibility index (Phi) is 3.93. The van der Waals surface area contributed by atoms with Crippen LogP contribution in [0.25, 0.3) is 10.4 Å². The van der Waals surface area contributed by atoms with E-state index in [9.17, 15) is 4.79 Å². The molecule has 136 valence electrons. The zero-order valence-electron chi connectivity index (χ0n) is 15.1. The van der Waals surface area contributed by atoms with E-state index in [4.69, 9.17) is 0 Å². The highest BCUT2D eigenvalue weighted by molar-refractivity contribution is 7.13. The first-order chi connectivity index (χ1) is 13.2. The summed E-state index contributed by atoms with van der Waals surface area (Å²) >= 11 is 1.67. The zero-order chi connectivity index (χ0) is 18.4. The zero-order valence-corrected chi connectivity index (χ0v) is 15.9. The number of aryl methyl sites for hydroxylation is 1. The summed E-state index contributed by atoms with van der Waals surface area (Å²) in [5.74, 6) is 1.41. The molecule has 0 spiro atoms. The molecule has 1 amide bonds. The molecule has 3 aromatic rings.